The Morgan fingerprint density at radius 2 is 1.79 bits per heavy atom. The Labute approximate surface area is 113 Å². The summed E-state index contributed by atoms with van der Waals surface area (Å²) in [6.45, 7) is 5.12. The largest absolute Gasteiger partial charge is 0.398 e. The lowest BCUT2D eigenvalue weighted by atomic mass is 10.1. The first-order chi connectivity index (χ1) is 8.69. The lowest BCUT2D eigenvalue weighted by Crippen LogP contribution is -2.43. The van der Waals surface area contributed by atoms with Crippen molar-refractivity contribution in [2.75, 3.05) is 12.8 Å². The van der Waals surface area contributed by atoms with Gasteiger partial charge >= 0.3 is 0 Å². The van der Waals surface area contributed by atoms with Gasteiger partial charge in [-0.2, -0.15) is 4.72 Å². The van der Waals surface area contributed by atoms with Crippen molar-refractivity contribution < 1.29 is 13.2 Å². The van der Waals surface area contributed by atoms with Crippen LogP contribution in [0.5, 0.6) is 0 Å². The molecule has 0 saturated heterocycles. The van der Waals surface area contributed by atoms with Gasteiger partial charge in [0.25, 0.3) is 0 Å². The van der Waals surface area contributed by atoms with E-state index in [1.54, 1.807) is 13.0 Å². The molecule has 0 heterocycles. The maximum atomic E-state index is 12.2. The zero-order chi connectivity index (χ0) is 14.8. The maximum Gasteiger partial charge on any atom is 0.243 e. The van der Waals surface area contributed by atoms with Gasteiger partial charge in [-0.25, -0.2) is 8.42 Å². The molecule has 0 fully saturated rings. The Balaban J connectivity index is 3.14. The highest BCUT2D eigenvalue weighted by molar-refractivity contribution is 7.89. The lowest BCUT2D eigenvalue weighted by molar-refractivity contribution is -0.121. The molecule has 7 heteroatoms. The third-order valence-electron chi connectivity index (χ3n) is 2.89. The quantitative estimate of drug-likeness (QED) is 0.692. The molecular weight excluding hydrogens is 266 g/mol. The van der Waals surface area contributed by atoms with E-state index in [4.69, 9.17) is 5.73 Å². The van der Waals surface area contributed by atoms with E-state index >= 15 is 0 Å². The molecule has 1 atom stereocenters. The molecule has 0 aliphatic carbocycles. The predicted octanol–water partition coefficient (Wildman–Crippen LogP) is 0.298. The zero-order valence-corrected chi connectivity index (χ0v) is 12.3. The number of anilines is 1. The van der Waals surface area contributed by atoms with Crippen LogP contribution in [-0.2, 0) is 14.8 Å². The van der Waals surface area contributed by atoms with Crippen molar-refractivity contribution in [3.8, 4) is 0 Å². The van der Waals surface area contributed by atoms with Crippen molar-refractivity contribution in [1.29, 1.82) is 0 Å². The highest BCUT2D eigenvalue weighted by Crippen LogP contribution is 2.22. The number of nitrogen functional groups attached to an aromatic ring is 1. The summed E-state index contributed by atoms with van der Waals surface area (Å²) in [4.78, 5) is 11.3. The van der Waals surface area contributed by atoms with Crippen molar-refractivity contribution >= 4 is 21.6 Å². The zero-order valence-electron chi connectivity index (χ0n) is 11.4. The van der Waals surface area contributed by atoms with Crippen LogP contribution in [0, 0.1) is 13.8 Å². The fraction of sp³-hybridized carbons (Fsp3) is 0.417. The first-order valence-corrected chi connectivity index (χ1v) is 7.28. The molecule has 0 aromatic heterocycles. The molecule has 1 rings (SSSR count). The number of hydrogen-bond donors (Lipinski definition) is 3. The number of carbonyl (C=O) groups excluding carboxylic acids is 1. The van der Waals surface area contributed by atoms with Crippen LogP contribution in [0.1, 0.15) is 18.1 Å². The SMILES string of the molecule is CNC(=O)C(C)NS(=O)(=O)c1cc(C)c(C)cc1N. The number of nitrogens with two attached hydrogens (primary N) is 1. The van der Waals surface area contributed by atoms with Crippen molar-refractivity contribution in [2.45, 2.75) is 31.7 Å². The van der Waals surface area contributed by atoms with E-state index in [0.29, 0.717) is 0 Å². The van der Waals surface area contributed by atoms with E-state index < -0.39 is 22.0 Å². The van der Waals surface area contributed by atoms with Crippen LogP contribution >= 0.6 is 0 Å². The van der Waals surface area contributed by atoms with Gasteiger partial charge in [0, 0.05) is 7.05 Å². The second kappa shape index (κ2) is 5.58. The highest BCUT2D eigenvalue weighted by Gasteiger charge is 2.23. The average molecular weight is 285 g/mol. The molecule has 6 nitrogen and oxygen atoms in total. The van der Waals surface area contributed by atoms with Crippen LogP contribution in [0.2, 0.25) is 0 Å². The summed E-state index contributed by atoms with van der Waals surface area (Å²) in [5, 5.41) is 2.38. The summed E-state index contributed by atoms with van der Waals surface area (Å²) in [5.74, 6) is -0.411. The van der Waals surface area contributed by atoms with Gasteiger partial charge in [-0.05, 0) is 44.0 Å². The first kappa shape index (κ1) is 15.5. The molecule has 0 saturated carbocycles. The Morgan fingerprint density at radius 1 is 1.26 bits per heavy atom. The second-order valence-corrected chi connectivity index (χ2v) is 6.11. The maximum absolute atomic E-state index is 12.2. The minimum absolute atomic E-state index is 0.00801. The lowest BCUT2D eigenvalue weighted by Gasteiger charge is -2.15. The Morgan fingerprint density at radius 3 is 2.32 bits per heavy atom. The van der Waals surface area contributed by atoms with Crippen LogP contribution in [0.4, 0.5) is 5.69 Å². The molecule has 0 radical (unpaired) electrons. The standard InChI is InChI=1S/C12H19N3O3S/c1-7-5-10(13)11(6-8(7)2)19(17,18)15-9(3)12(16)14-4/h5-6,9,15H,13H2,1-4H3,(H,14,16). The molecule has 4 N–H and O–H groups in total. The predicted molar refractivity (Wildman–Crippen MR) is 74.2 cm³/mol. The van der Waals surface area contributed by atoms with E-state index in [9.17, 15) is 13.2 Å². The molecule has 106 valence electrons. The third-order valence-corrected chi connectivity index (χ3v) is 4.48. The number of amides is 1. The number of nitrogens with one attached hydrogen (secondary N) is 2. The summed E-state index contributed by atoms with van der Waals surface area (Å²) in [7, 11) is -2.38. The smallest absolute Gasteiger partial charge is 0.243 e. The molecule has 0 aliphatic heterocycles. The minimum Gasteiger partial charge on any atom is -0.398 e. The van der Waals surface area contributed by atoms with Crippen LogP contribution in [0.25, 0.3) is 0 Å². The molecule has 1 unspecified atom stereocenters. The Hall–Kier alpha value is -1.60. The van der Waals surface area contributed by atoms with Gasteiger partial charge in [-0.3, -0.25) is 4.79 Å². The minimum atomic E-state index is -3.82. The van der Waals surface area contributed by atoms with Crippen LogP contribution in [0.3, 0.4) is 0 Å². The topological polar surface area (TPSA) is 101 Å². The average Bonchev–Trinajstić information content (AvgIpc) is 2.31. The van der Waals surface area contributed by atoms with Gasteiger partial charge in [-0.15, -0.1) is 0 Å². The molecule has 1 amide bonds. The molecule has 1 aromatic carbocycles. The first-order valence-electron chi connectivity index (χ1n) is 5.79. The fourth-order valence-electron chi connectivity index (χ4n) is 1.61. The number of carbonyl (C=O) groups is 1. The van der Waals surface area contributed by atoms with E-state index in [2.05, 4.69) is 10.0 Å². The Bertz CT molecular complexity index is 596. The summed E-state index contributed by atoms with van der Waals surface area (Å²) in [5.41, 5.74) is 7.64. The number of aryl methyl sites for hydroxylation is 2. The monoisotopic (exact) mass is 285 g/mol. The number of benzene rings is 1. The number of rotatable bonds is 4. The van der Waals surface area contributed by atoms with E-state index in [1.807, 2.05) is 6.92 Å². The van der Waals surface area contributed by atoms with Gasteiger partial charge in [0.05, 0.1) is 11.7 Å². The number of likely N-dealkylation sites (N-methyl/N-ethyl adjacent to an activating group) is 1. The van der Waals surface area contributed by atoms with Crippen molar-refractivity contribution in [3.05, 3.63) is 23.3 Å². The van der Waals surface area contributed by atoms with Gasteiger partial charge in [0.2, 0.25) is 15.9 Å². The molecule has 19 heavy (non-hydrogen) atoms. The molecular formula is C12H19N3O3S. The van der Waals surface area contributed by atoms with Crippen LogP contribution in [-0.4, -0.2) is 27.4 Å². The van der Waals surface area contributed by atoms with E-state index in [0.717, 1.165) is 11.1 Å². The van der Waals surface area contributed by atoms with Gasteiger partial charge in [0.15, 0.2) is 0 Å². The molecule has 0 bridgehead atoms. The number of hydrogen-bond acceptors (Lipinski definition) is 4. The highest BCUT2D eigenvalue weighted by atomic mass is 32.2. The molecule has 0 spiro atoms. The van der Waals surface area contributed by atoms with E-state index in [-0.39, 0.29) is 10.6 Å². The van der Waals surface area contributed by atoms with Crippen LogP contribution < -0.4 is 15.8 Å². The van der Waals surface area contributed by atoms with Crippen molar-refractivity contribution in [3.63, 3.8) is 0 Å². The summed E-state index contributed by atoms with van der Waals surface area (Å²) >= 11 is 0. The summed E-state index contributed by atoms with van der Waals surface area (Å²) in [6.07, 6.45) is 0. The fourth-order valence-corrected chi connectivity index (χ4v) is 3.01. The molecule has 1 aromatic rings. The molecule has 0 aliphatic rings. The van der Waals surface area contributed by atoms with Crippen molar-refractivity contribution in [1.82, 2.24) is 10.0 Å². The Kier molecular flexibility index (Phi) is 4.54. The van der Waals surface area contributed by atoms with Gasteiger partial charge < -0.3 is 11.1 Å². The van der Waals surface area contributed by atoms with Gasteiger partial charge in [0.1, 0.15) is 4.90 Å². The van der Waals surface area contributed by atoms with E-state index in [1.165, 1.54) is 20.0 Å². The number of sulfonamides is 1. The van der Waals surface area contributed by atoms with Crippen molar-refractivity contribution in [2.24, 2.45) is 0 Å². The summed E-state index contributed by atoms with van der Waals surface area (Å²) in [6, 6.07) is 2.24. The van der Waals surface area contributed by atoms with Gasteiger partial charge in [-0.1, -0.05) is 0 Å². The third kappa shape index (κ3) is 3.45. The summed E-state index contributed by atoms with van der Waals surface area (Å²) < 4.78 is 26.6. The normalized spacial score (nSPS) is 13.1. The van der Waals surface area contributed by atoms with Crippen LogP contribution in [0.15, 0.2) is 17.0 Å². The second-order valence-electron chi connectivity index (χ2n) is 4.43.